The van der Waals surface area contributed by atoms with Gasteiger partial charge in [0.25, 0.3) is 0 Å². The summed E-state index contributed by atoms with van der Waals surface area (Å²) in [6.45, 7) is 0. The van der Waals surface area contributed by atoms with Crippen molar-refractivity contribution >= 4 is 5.91 Å². The molecule has 29 heavy (non-hydrogen) atoms. The molecule has 2 aromatic rings. The maximum absolute atomic E-state index is 11.1. The van der Waals surface area contributed by atoms with Crippen molar-refractivity contribution in [3.63, 3.8) is 0 Å². The highest BCUT2D eigenvalue weighted by Gasteiger charge is 2.34. The summed E-state index contributed by atoms with van der Waals surface area (Å²) in [5.41, 5.74) is 2.72. The van der Waals surface area contributed by atoms with Crippen LogP contribution in [0, 0.1) is 11.3 Å². The minimum absolute atomic E-state index is 0.302. The summed E-state index contributed by atoms with van der Waals surface area (Å²) in [6, 6.07) is 17.8. The maximum atomic E-state index is 11.1. The molecule has 0 saturated heterocycles. The van der Waals surface area contributed by atoms with Gasteiger partial charge in [-0.25, -0.2) is 5.48 Å². The van der Waals surface area contributed by atoms with E-state index in [1.165, 1.54) is 0 Å². The Morgan fingerprint density at radius 3 is 1.83 bits per heavy atom. The molecule has 0 saturated carbocycles. The number of nitrogens with one attached hydrogen (secondary N) is 1. The average molecular weight is 396 g/mol. The van der Waals surface area contributed by atoms with Gasteiger partial charge in [0.15, 0.2) is 0 Å². The van der Waals surface area contributed by atoms with Crippen molar-refractivity contribution < 1.29 is 19.5 Å². The monoisotopic (exact) mass is 396 g/mol. The zero-order chi connectivity index (χ0) is 21.1. The third-order valence-electron chi connectivity index (χ3n) is 5.19. The van der Waals surface area contributed by atoms with Crippen LogP contribution in [0.4, 0.5) is 0 Å². The molecule has 1 amide bonds. The largest absolute Gasteiger partial charge is 0.497 e. The number of hydrogen-bond donors (Lipinski definition) is 2. The third-order valence-corrected chi connectivity index (χ3v) is 5.19. The number of carbonyl (C=O) groups is 1. The molecular weight excluding hydrogens is 368 g/mol. The fraction of sp³-hybridized carbons (Fsp3) is 0.391. The zero-order valence-electron chi connectivity index (χ0n) is 17.0. The summed E-state index contributed by atoms with van der Waals surface area (Å²) >= 11 is 0. The molecule has 0 aliphatic rings. The number of hydroxylamine groups is 1. The normalized spacial score (nSPS) is 10.8. The van der Waals surface area contributed by atoms with Crippen LogP contribution in [0.15, 0.2) is 48.5 Å². The van der Waals surface area contributed by atoms with E-state index in [0.29, 0.717) is 19.3 Å². The second kappa shape index (κ2) is 11.1. The maximum Gasteiger partial charge on any atom is 0.243 e. The highest BCUT2D eigenvalue weighted by atomic mass is 16.5. The zero-order valence-corrected chi connectivity index (χ0v) is 17.0. The van der Waals surface area contributed by atoms with Gasteiger partial charge in [-0.2, -0.15) is 5.26 Å². The standard InChI is InChI=1S/C23H28N2O4/c1-28-20-12-8-18(9-13-20)23(17-24,19-10-14-21(29-2)15-11-19)16-6-4-3-5-7-22(26)25-27/h8-15,27H,3-7,16H2,1-2H3,(H,25,26). The Labute approximate surface area is 172 Å². The Morgan fingerprint density at radius 1 is 0.931 bits per heavy atom. The second-order valence-corrected chi connectivity index (χ2v) is 6.92. The van der Waals surface area contributed by atoms with Gasteiger partial charge in [-0.1, -0.05) is 43.5 Å². The predicted molar refractivity (Wildman–Crippen MR) is 110 cm³/mol. The Kier molecular flexibility index (Phi) is 8.50. The fourth-order valence-corrected chi connectivity index (χ4v) is 3.48. The minimum Gasteiger partial charge on any atom is -0.497 e. The summed E-state index contributed by atoms with van der Waals surface area (Å²) in [5, 5.41) is 18.8. The van der Waals surface area contributed by atoms with Crippen LogP contribution >= 0.6 is 0 Å². The highest BCUT2D eigenvalue weighted by molar-refractivity contribution is 5.74. The minimum atomic E-state index is -0.777. The van der Waals surface area contributed by atoms with E-state index in [1.807, 2.05) is 48.5 Å². The van der Waals surface area contributed by atoms with Crippen LogP contribution in [0.25, 0.3) is 0 Å². The summed E-state index contributed by atoms with van der Waals surface area (Å²) in [6.07, 6.45) is 4.27. The number of nitriles is 1. The Balaban J connectivity index is 2.19. The van der Waals surface area contributed by atoms with Crippen molar-refractivity contribution in [1.29, 1.82) is 5.26 Å². The number of nitrogens with zero attached hydrogens (tertiary/aromatic N) is 1. The topological polar surface area (TPSA) is 91.6 Å². The predicted octanol–water partition coefficient (Wildman–Crippen LogP) is 4.36. The molecule has 0 fully saturated rings. The van der Waals surface area contributed by atoms with E-state index in [0.717, 1.165) is 41.9 Å². The first-order valence-corrected chi connectivity index (χ1v) is 9.73. The lowest BCUT2D eigenvalue weighted by Gasteiger charge is -2.28. The van der Waals surface area contributed by atoms with Crippen molar-refractivity contribution in [2.75, 3.05) is 14.2 Å². The summed E-state index contributed by atoms with van der Waals surface area (Å²) < 4.78 is 10.5. The number of ether oxygens (including phenoxy) is 2. The van der Waals surface area contributed by atoms with Crippen LogP contribution in [0.2, 0.25) is 0 Å². The van der Waals surface area contributed by atoms with Crippen molar-refractivity contribution in [3.05, 3.63) is 59.7 Å². The molecule has 0 heterocycles. The van der Waals surface area contributed by atoms with Crippen LogP contribution < -0.4 is 15.0 Å². The van der Waals surface area contributed by atoms with Gasteiger partial charge in [0.2, 0.25) is 5.91 Å². The lowest BCUT2D eigenvalue weighted by atomic mass is 9.72. The Morgan fingerprint density at radius 2 is 1.41 bits per heavy atom. The van der Waals surface area contributed by atoms with Crippen LogP contribution in [0.3, 0.4) is 0 Å². The van der Waals surface area contributed by atoms with E-state index in [9.17, 15) is 10.1 Å². The molecule has 0 radical (unpaired) electrons. The smallest absolute Gasteiger partial charge is 0.243 e. The Hall–Kier alpha value is -3.04. The molecule has 2 rings (SSSR count). The first kappa shape index (κ1) is 22.3. The van der Waals surface area contributed by atoms with Gasteiger partial charge in [0.05, 0.1) is 20.3 Å². The van der Waals surface area contributed by atoms with Crippen LogP contribution in [0.5, 0.6) is 11.5 Å². The molecule has 0 unspecified atom stereocenters. The van der Waals surface area contributed by atoms with Gasteiger partial charge in [-0.15, -0.1) is 0 Å². The summed E-state index contributed by atoms with van der Waals surface area (Å²) in [5.74, 6) is 1.13. The molecule has 154 valence electrons. The van der Waals surface area contributed by atoms with Gasteiger partial charge in [-0.05, 0) is 48.2 Å². The number of amides is 1. The van der Waals surface area contributed by atoms with E-state index in [1.54, 1.807) is 19.7 Å². The quantitative estimate of drug-likeness (QED) is 0.334. The molecule has 0 aliphatic heterocycles. The number of rotatable bonds is 11. The number of hydrogen-bond acceptors (Lipinski definition) is 5. The summed E-state index contributed by atoms with van der Waals surface area (Å²) in [7, 11) is 3.24. The van der Waals surface area contributed by atoms with E-state index in [-0.39, 0.29) is 5.91 Å². The second-order valence-electron chi connectivity index (χ2n) is 6.92. The molecular formula is C23H28N2O4. The van der Waals surface area contributed by atoms with Crippen molar-refractivity contribution in [2.24, 2.45) is 0 Å². The highest BCUT2D eigenvalue weighted by Crippen LogP contribution is 2.38. The van der Waals surface area contributed by atoms with Crippen LogP contribution in [0.1, 0.15) is 49.7 Å². The lowest BCUT2D eigenvalue weighted by molar-refractivity contribution is -0.129. The molecule has 0 spiro atoms. The number of unbranched alkanes of at least 4 members (excludes halogenated alkanes) is 3. The van der Waals surface area contributed by atoms with Gasteiger partial charge in [0.1, 0.15) is 16.9 Å². The molecule has 0 aromatic heterocycles. The first-order valence-electron chi connectivity index (χ1n) is 9.73. The molecule has 0 bridgehead atoms. The van der Waals surface area contributed by atoms with Crippen LogP contribution in [-0.4, -0.2) is 25.3 Å². The van der Waals surface area contributed by atoms with E-state index in [2.05, 4.69) is 6.07 Å². The van der Waals surface area contributed by atoms with Gasteiger partial charge in [0, 0.05) is 6.42 Å². The lowest BCUT2D eigenvalue weighted by Crippen LogP contribution is -2.26. The van der Waals surface area contributed by atoms with E-state index >= 15 is 0 Å². The molecule has 6 nitrogen and oxygen atoms in total. The molecule has 0 aliphatic carbocycles. The van der Waals surface area contributed by atoms with Gasteiger partial charge in [-0.3, -0.25) is 10.0 Å². The molecule has 6 heteroatoms. The van der Waals surface area contributed by atoms with Crippen molar-refractivity contribution in [3.8, 4) is 17.6 Å². The van der Waals surface area contributed by atoms with Crippen molar-refractivity contribution in [2.45, 2.75) is 43.9 Å². The van der Waals surface area contributed by atoms with Crippen molar-refractivity contribution in [1.82, 2.24) is 5.48 Å². The molecule has 0 atom stereocenters. The van der Waals surface area contributed by atoms with Gasteiger partial charge < -0.3 is 9.47 Å². The van der Waals surface area contributed by atoms with Crippen LogP contribution in [-0.2, 0) is 10.2 Å². The molecule has 2 N–H and O–H groups in total. The Bertz CT molecular complexity index is 763. The molecule has 2 aromatic carbocycles. The first-order chi connectivity index (χ1) is 14.1. The number of methoxy groups -OCH3 is 2. The fourth-order valence-electron chi connectivity index (χ4n) is 3.48. The number of benzene rings is 2. The third kappa shape index (κ3) is 5.72. The van der Waals surface area contributed by atoms with E-state index < -0.39 is 5.41 Å². The summed E-state index contributed by atoms with van der Waals surface area (Å²) in [4.78, 5) is 11.1. The van der Waals surface area contributed by atoms with E-state index in [4.69, 9.17) is 14.7 Å². The van der Waals surface area contributed by atoms with Gasteiger partial charge >= 0.3 is 0 Å². The average Bonchev–Trinajstić information content (AvgIpc) is 2.79. The number of carbonyl (C=O) groups excluding carboxylic acids is 1. The SMILES string of the molecule is COc1ccc(C(C#N)(CCCCCCC(=O)NO)c2ccc(OC)cc2)cc1.